The zero-order chi connectivity index (χ0) is 21.0. The van der Waals surface area contributed by atoms with Crippen LogP contribution in [0.4, 0.5) is 8.78 Å². The van der Waals surface area contributed by atoms with Gasteiger partial charge < -0.3 is 19.2 Å². The van der Waals surface area contributed by atoms with E-state index in [1.807, 2.05) is 4.57 Å². The Morgan fingerprint density at radius 1 is 1.41 bits per heavy atom. The Hall–Kier alpha value is -2.55. The number of carbonyl (C=O) groups is 2. The minimum Gasteiger partial charge on any atom is -0.466 e. The van der Waals surface area contributed by atoms with Gasteiger partial charge in [0.2, 0.25) is 6.41 Å². The molecule has 0 aliphatic heterocycles. The molecule has 1 aliphatic carbocycles. The van der Waals surface area contributed by atoms with E-state index in [-0.39, 0.29) is 25.0 Å². The lowest BCUT2D eigenvalue weighted by Crippen LogP contribution is -2.23. The molecule has 1 N–H and O–H groups in total. The standard InChI is InChI=1S/C20H23F2N3O3S/c1-2-28-19(27)5-6-24-11-16(10-23-12-26)25(20(24)29)15-3-4-17-13(8-15)7-14(21)9-18(17)22/h7,9,11-12,15H,2-6,8,10H2,1H3,(H,23,26)/t15-/m0/s1. The number of halogens is 2. The third-order valence-electron chi connectivity index (χ3n) is 5.10. The van der Waals surface area contributed by atoms with E-state index in [4.69, 9.17) is 17.0 Å². The first kappa shape index (κ1) is 21.2. The van der Waals surface area contributed by atoms with Crippen LogP contribution in [-0.2, 0) is 40.3 Å². The van der Waals surface area contributed by atoms with Crippen LogP contribution in [0, 0.1) is 16.4 Å². The minimum absolute atomic E-state index is 0.0940. The Bertz CT molecular complexity index is 971. The number of imidazole rings is 1. The van der Waals surface area contributed by atoms with Gasteiger partial charge in [0.15, 0.2) is 4.77 Å². The largest absolute Gasteiger partial charge is 0.466 e. The van der Waals surface area contributed by atoms with Crippen molar-refractivity contribution in [2.24, 2.45) is 0 Å². The number of esters is 1. The van der Waals surface area contributed by atoms with Gasteiger partial charge in [0, 0.05) is 24.8 Å². The normalized spacial score (nSPS) is 15.6. The van der Waals surface area contributed by atoms with Crippen LogP contribution in [0.25, 0.3) is 0 Å². The number of aromatic nitrogens is 2. The van der Waals surface area contributed by atoms with Crippen LogP contribution in [0.15, 0.2) is 18.3 Å². The topological polar surface area (TPSA) is 65.3 Å². The third-order valence-corrected chi connectivity index (χ3v) is 5.53. The first-order valence-electron chi connectivity index (χ1n) is 9.54. The van der Waals surface area contributed by atoms with Gasteiger partial charge in [0.1, 0.15) is 11.6 Å². The zero-order valence-corrected chi connectivity index (χ0v) is 16.9. The SMILES string of the molecule is CCOC(=O)CCn1cc(CNC=O)n([C@H]2CCc3c(F)cc(F)cc3C2)c1=S. The monoisotopic (exact) mass is 423 g/mol. The highest BCUT2D eigenvalue weighted by molar-refractivity contribution is 7.71. The Morgan fingerprint density at radius 2 is 2.21 bits per heavy atom. The molecule has 9 heteroatoms. The number of ether oxygens (including phenoxy) is 1. The molecule has 0 unspecified atom stereocenters. The van der Waals surface area contributed by atoms with Crippen molar-refractivity contribution in [3.63, 3.8) is 0 Å². The molecule has 3 rings (SSSR count). The molecule has 1 amide bonds. The fourth-order valence-corrected chi connectivity index (χ4v) is 4.25. The molecule has 1 aromatic heterocycles. The van der Waals surface area contributed by atoms with Gasteiger partial charge in [0.05, 0.1) is 25.3 Å². The highest BCUT2D eigenvalue weighted by Crippen LogP contribution is 2.32. The molecule has 1 heterocycles. The van der Waals surface area contributed by atoms with Crippen LogP contribution in [0.1, 0.15) is 42.6 Å². The van der Waals surface area contributed by atoms with E-state index >= 15 is 0 Å². The van der Waals surface area contributed by atoms with E-state index in [0.717, 1.165) is 11.8 Å². The van der Waals surface area contributed by atoms with E-state index in [9.17, 15) is 18.4 Å². The molecule has 0 saturated heterocycles. The highest BCUT2D eigenvalue weighted by atomic mass is 32.1. The number of amides is 1. The summed E-state index contributed by atoms with van der Waals surface area (Å²) < 4.78 is 36.9. The second-order valence-corrected chi connectivity index (χ2v) is 7.31. The van der Waals surface area contributed by atoms with Crippen LogP contribution < -0.4 is 5.32 Å². The van der Waals surface area contributed by atoms with Crippen molar-refractivity contribution in [2.75, 3.05) is 6.61 Å². The van der Waals surface area contributed by atoms with Crippen molar-refractivity contribution >= 4 is 24.6 Å². The molecule has 0 fully saturated rings. The zero-order valence-electron chi connectivity index (χ0n) is 16.1. The van der Waals surface area contributed by atoms with Crippen molar-refractivity contribution in [1.82, 2.24) is 14.5 Å². The molecule has 0 saturated carbocycles. The number of fused-ring (bicyclic) bond motifs is 1. The van der Waals surface area contributed by atoms with E-state index in [0.29, 0.717) is 54.7 Å². The summed E-state index contributed by atoms with van der Waals surface area (Å²) in [6.07, 6.45) is 4.14. The lowest BCUT2D eigenvalue weighted by molar-refractivity contribution is -0.143. The average molecular weight is 423 g/mol. The summed E-state index contributed by atoms with van der Waals surface area (Å²) in [5.74, 6) is -1.43. The first-order chi connectivity index (χ1) is 13.9. The third kappa shape index (κ3) is 4.72. The quantitative estimate of drug-likeness (QED) is 0.402. The molecule has 29 heavy (non-hydrogen) atoms. The second-order valence-electron chi connectivity index (χ2n) is 6.94. The van der Waals surface area contributed by atoms with Crippen LogP contribution >= 0.6 is 12.2 Å². The summed E-state index contributed by atoms with van der Waals surface area (Å²) in [5.41, 5.74) is 1.95. The van der Waals surface area contributed by atoms with Crippen LogP contribution in [-0.4, -0.2) is 28.1 Å². The number of hydrogen-bond donors (Lipinski definition) is 1. The van der Waals surface area contributed by atoms with Gasteiger partial charge >= 0.3 is 5.97 Å². The smallest absolute Gasteiger partial charge is 0.307 e. The molecular weight excluding hydrogens is 400 g/mol. The minimum atomic E-state index is -0.597. The van der Waals surface area contributed by atoms with Crippen molar-refractivity contribution in [2.45, 2.75) is 51.7 Å². The Kier molecular flexibility index (Phi) is 6.79. The number of carbonyl (C=O) groups excluding carboxylic acids is 2. The molecule has 2 aromatic rings. The maximum atomic E-state index is 14.1. The fourth-order valence-electron chi connectivity index (χ4n) is 3.84. The van der Waals surface area contributed by atoms with E-state index < -0.39 is 11.6 Å². The van der Waals surface area contributed by atoms with Crippen LogP contribution in [0.2, 0.25) is 0 Å². The predicted octanol–water partition coefficient (Wildman–Crippen LogP) is 3.23. The van der Waals surface area contributed by atoms with Crippen LogP contribution in [0.5, 0.6) is 0 Å². The molecule has 156 valence electrons. The summed E-state index contributed by atoms with van der Waals surface area (Å²) >= 11 is 5.62. The lowest BCUT2D eigenvalue weighted by atomic mass is 9.87. The Labute approximate surface area is 172 Å². The number of nitrogens with one attached hydrogen (secondary N) is 1. The van der Waals surface area contributed by atoms with Crippen molar-refractivity contribution in [3.05, 3.63) is 51.6 Å². The van der Waals surface area contributed by atoms with Crippen molar-refractivity contribution in [1.29, 1.82) is 0 Å². The van der Waals surface area contributed by atoms with Gasteiger partial charge in [0.25, 0.3) is 0 Å². The van der Waals surface area contributed by atoms with Crippen LogP contribution in [0.3, 0.4) is 0 Å². The molecule has 1 atom stereocenters. The van der Waals surface area contributed by atoms with Gasteiger partial charge in [-0.05, 0) is 55.6 Å². The fraction of sp³-hybridized carbons (Fsp3) is 0.450. The Morgan fingerprint density at radius 3 is 2.93 bits per heavy atom. The van der Waals surface area contributed by atoms with E-state index in [1.165, 1.54) is 6.07 Å². The molecular formula is C20H23F2N3O3S. The summed E-state index contributed by atoms with van der Waals surface area (Å²) in [4.78, 5) is 22.5. The number of aryl methyl sites for hydroxylation is 1. The van der Waals surface area contributed by atoms with E-state index in [1.54, 1.807) is 17.7 Å². The first-order valence-corrected chi connectivity index (χ1v) is 9.95. The number of nitrogens with zero attached hydrogens (tertiary/aromatic N) is 2. The average Bonchev–Trinajstić information content (AvgIpc) is 2.99. The number of hydrogen-bond acceptors (Lipinski definition) is 4. The predicted molar refractivity (Wildman–Crippen MR) is 105 cm³/mol. The highest BCUT2D eigenvalue weighted by Gasteiger charge is 2.26. The molecule has 1 aliphatic rings. The molecule has 1 aromatic carbocycles. The number of benzene rings is 1. The summed E-state index contributed by atoms with van der Waals surface area (Å²) in [5, 5.41) is 2.63. The maximum absolute atomic E-state index is 14.1. The summed E-state index contributed by atoms with van der Waals surface area (Å²) in [7, 11) is 0. The van der Waals surface area contributed by atoms with Gasteiger partial charge in [-0.25, -0.2) is 8.78 Å². The maximum Gasteiger partial charge on any atom is 0.307 e. The summed E-state index contributed by atoms with van der Waals surface area (Å²) in [6.45, 7) is 2.68. The van der Waals surface area contributed by atoms with Gasteiger partial charge in [-0.3, -0.25) is 9.59 Å². The van der Waals surface area contributed by atoms with Gasteiger partial charge in [-0.2, -0.15) is 0 Å². The number of rotatable bonds is 8. The van der Waals surface area contributed by atoms with Crippen molar-refractivity contribution in [3.8, 4) is 0 Å². The summed E-state index contributed by atoms with van der Waals surface area (Å²) in [6, 6.07) is 2.19. The lowest BCUT2D eigenvalue weighted by Gasteiger charge is -2.27. The molecule has 0 spiro atoms. The molecule has 6 nitrogen and oxygen atoms in total. The second kappa shape index (κ2) is 9.30. The van der Waals surface area contributed by atoms with Gasteiger partial charge in [-0.1, -0.05) is 0 Å². The van der Waals surface area contributed by atoms with Crippen molar-refractivity contribution < 1.29 is 23.1 Å². The molecule has 0 bridgehead atoms. The molecule has 0 radical (unpaired) electrons. The van der Waals surface area contributed by atoms with Gasteiger partial charge in [-0.15, -0.1) is 0 Å². The Balaban J connectivity index is 1.89. The van der Waals surface area contributed by atoms with E-state index in [2.05, 4.69) is 5.32 Å².